The average Bonchev–Trinajstić information content (AvgIpc) is 2.67. The number of hydrogen-bond acceptors (Lipinski definition) is 4. The summed E-state index contributed by atoms with van der Waals surface area (Å²) in [6.45, 7) is 12.6. The summed E-state index contributed by atoms with van der Waals surface area (Å²) in [6.07, 6.45) is 2.87. The molecule has 1 aromatic rings. The molecule has 0 bridgehead atoms. The zero-order chi connectivity index (χ0) is 21.4. The van der Waals surface area contributed by atoms with Gasteiger partial charge in [0, 0.05) is 29.7 Å². The van der Waals surface area contributed by atoms with Crippen LogP contribution in [0, 0.1) is 0 Å². The fraction of sp³-hybridized carbons (Fsp3) is 0.318. The van der Waals surface area contributed by atoms with E-state index in [0.717, 1.165) is 42.2 Å². The highest BCUT2D eigenvalue weighted by molar-refractivity contribution is 6.13. The molecule has 0 radical (unpaired) electrons. The minimum atomic E-state index is -4.70. The van der Waals surface area contributed by atoms with Crippen LogP contribution in [0.25, 0.3) is 0 Å². The SMILES string of the molecule is C=C/N=C1/C=C(CN(CC)CC)C=C/C1=C(/C)Nc1ccc(OC(F)(F)F)cc1. The molecular weight excluding hydrogens is 379 g/mol. The first-order valence-electron chi connectivity index (χ1n) is 9.39. The van der Waals surface area contributed by atoms with Crippen LogP contribution < -0.4 is 10.1 Å². The Hall–Kier alpha value is -2.80. The second kappa shape index (κ2) is 10.1. The van der Waals surface area contributed by atoms with E-state index in [1.165, 1.54) is 30.5 Å². The highest BCUT2D eigenvalue weighted by Crippen LogP contribution is 2.25. The van der Waals surface area contributed by atoms with Gasteiger partial charge in [-0.2, -0.15) is 0 Å². The third-order valence-corrected chi connectivity index (χ3v) is 4.42. The number of rotatable bonds is 8. The Kier molecular flexibility index (Phi) is 7.84. The third kappa shape index (κ3) is 6.94. The van der Waals surface area contributed by atoms with E-state index in [4.69, 9.17) is 0 Å². The molecule has 1 aliphatic rings. The van der Waals surface area contributed by atoms with Gasteiger partial charge in [0.1, 0.15) is 5.75 Å². The molecular formula is C22H26F3N3O. The number of nitrogens with zero attached hydrogens (tertiary/aromatic N) is 2. The Morgan fingerprint density at radius 2 is 1.83 bits per heavy atom. The zero-order valence-electron chi connectivity index (χ0n) is 16.9. The van der Waals surface area contributed by atoms with Gasteiger partial charge < -0.3 is 10.1 Å². The van der Waals surface area contributed by atoms with Gasteiger partial charge in [-0.3, -0.25) is 9.89 Å². The molecule has 0 aliphatic heterocycles. The molecule has 0 spiro atoms. The lowest BCUT2D eigenvalue weighted by atomic mass is 9.98. The lowest BCUT2D eigenvalue weighted by Crippen LogP contribution is -2.26. The van der Waals surface area contributed by atoms with Gasteiger partial charge in [-0.1, -0.05) is 32.6 Å². The fourth-order valence-corrected chi connectivity index (χ4v) is 2.93. The van der Waals surface area contributed by atoms with Gasteiger partial charge in [0.15, 0.2) is 0 Å². The van der Waals surface area contributed by atoms with Crippen molar-refractivity contribution in [3.8, 4) is 5.75 Å². The highest BCUT2D eigenvalue weighted by Gasteiger charge is 2.30. The van der Waals surface area contributed by atoms with Crippen molar-refractivity contribution in [2.24, 2.45) is 4.99 Å². The van der Waals surface area contributed by atoms with Crippen LogP contribution in [-0.4, -0.2) is 36.6 Å². The van der Waals surface area contributed by atoms with E-state index in [2.05, 4.69) is 46.4 Å². The number of benzene rings is 1. The highest BCUT2D eigenvalue weighted by atomic mass is 19.4. The van der Waals surface area contributed by atoms with Crippen LogP contribution in [0.3, 0.4) is 0 Å². The first kappa shape index (κ1) is 22.5. The van der Waals surface area contributed by atoms with Crippen LogP contribution in [0.2, 0.25) is 0 Å². The molecule has 0 fully saturated rings. The number of halogens is 3. The Morgan fingerprint density at radius 1 is 1.17 bits per heavy atom. The number of nitrogens with one attached hydrogen (secondary N) is 1. The molecule has 1 N–H and O–H groups in total. The molecule has 0 atom stereocenters. The molecule has 29 heavy (non-hydrogen) atoms. The van der Waals surface area contributed by atoms with Crippen LogP contribution in [0.15, 0.2) is 77.1 Å². The Balaban J connectivity index is 2.18. The minimum absolute atomic E-state index is 0.260. The Morgan fingerprint density at radius 3 is 2.38 bits per heavy atom. The molecule has 4 nitrogen and oxygen atoms in total. The van der Waals surface area contributed by atoms with Crippen LogP contribution in [0.4, 0.5) is 18.9 Å². The third-order valence-electron chi connectivity index (χ3n) is 4.42. The monoisotopic (exact) mass is 405 g/mol. The largest absolute Gasteiger partial charge is 0.573 e. The zero-order valence-corrected chi connectivity index (χ0v) is 16.9. The van der Waals surface area contributed by atoms with Gasteiger partial charge in [-0.05, 0) is 55.9 Å². The van der Waals surface area contributed by atoms with Crippen LogP contribution in [0.1, 0.15) is 20.8 Å². The van der Waals surface area contributed by atoms with Gasteiger partial charge in [-0.15, -0.1) is 13.2 Å². The quantitative estimate of drug-likeness (QED) is 0.603. The summed E-state index contributed by atoms with van der Waals surface area (Å²) in [4.78, 5) is 6.69. The summed E-state index contributed by atoms with van der Waals surface area (Å²) in [5, 5.41) is 3.20. The fourth-order valence-electron chi connectivity index (χ4n) is 2.93. The standard InChI is InChI=1S/C22H26F3N3O/c1-5-26-21-14-17(15-28(6-2)7-3)8-13-20(21)16(4)27-18-9-11-19(12-10-18)29-22(23,24)25/h5,8-14,27H,1,6-7,15H2,2-4H3/b20-16+,26-21-. The Labute approximate surface area is 169 Å². The van der Waals surface area contributed by atoms with Gasteiger partial charge in [0.25, 0.3) is 0 Å². The first-order valence-corrected chi connectivity index (χ1v) is 9.39. The van der Waals surface area contributed by atoms with E-state index in [1.54, 1.807) is 0 Å². The number of likely N-dealkylation sites (N-methyl/N-ethyl adjacent to an activating group) is 1. The molecule has 2 rings (SSSR count). The second-order valence-corrected chi connectivity index (χ2v) is 6.45. The topological polar surface area (TPSA) is 36.9 Å². The number of alkyl halides is 3. The van der Waals surface area contributed by atoms with Crippen LogP contribution in [0.5, 0.6) is 5.75 Å². The minimum Gasteiger partial charge on any atom is -0.406 e. The maximum absolute atomic E-state index is 12.3. The van der Waals surface area contributed by atoms with E-state index >= 15 is 0 Å². The van der Waals surface area contributed by atoms with Crippen LogP contribution in [-0.2, 0) is 0 Å². The molecule has 0 unspecified atom stereocenters. The van der Waals surface area contributed by atoms with Crippen molar-refractivity contribution in [3.05, 3.63) is 72.1 Å². The normalized spacial score (nSPS) is 17.3. The predicted molar refractivity (Wildman–Crippen MR) is 112 cm³/mol. The predicted octanol–water partition coefficient (Wildman–Crippen LogP) is 5.69. The first-order chi connectivity index (χ1) is 13.8. The number of hydrogen-bond donors (Lipinski definition) is 1. The summed E-state index contributed by atoms with van der Waals surface area (Å²) in [5.74, 6) is -0.260. The van der Waals surface area contributed by atoms with Crippen molar-refractivity contribution >= 4 is 11.4 Å². The molecule has 156 valence electrons. The molecule has 0 amide bonds. The van der Waals surface area contributed by atoms with Crippen molar-refractivity contribution in [2.75, 3.05) is 25.0 Å². The van der Waals surface area contributed by atoms with Gasteiger partial charge in [-0.25, -0.2) is 0 Å². The maximum Gasteiger partial charge on any atom is 0.573 e. The van der Waals surface area contributed by atoms with E-state index in [9.17, 15) is 13.2 Å². The number of ether oxygens (including phenoxy) is 1. The molecule has 1 aromatic carbocycles. The van der Waals surface area contributed by atoms with E-state index in [1.807, 2.05) is 19.1 Å². The van der Waals surface area contributed by atoms with E-state index in [0.29, 0.717) is 5.69 Å². The van der Waals surface area contributed by atoms with Crippen molar-refractivity contribution in [1.29, 1.82) is 0 Å². The summed E-state index contributed by atoms with van der Waals surface area (Å²) in [7, 11) is 0. The lowest BCUT2D eigenvalue weighted by molar-refractivity contribution is -0.274. The average molecular weight is 405 g/mol. The second-order valence-electron chi connectivity index (χ2n) is 6.45. The summed E-state index contributed by atoms with van der Waals surface area (Å²) in [6, 6.07) is 5.60. The smallest absolute Gasteiger partial charge is 0.406 e. The molecule has 1 aliphatic carbocycles. The molecule has 0 heterocycles. The lowest BCUT2D eigenvalue weighted by Gasteiger charge is -2.21. The van der Waals surface area contributed by atoms with Gasteiger partial charge in [0.05, 0.1) is 5.71 Å². The molecule has 0 saturated heterocycles. The van der Waals surface area contributed by atoms with E-state index in [-0.39, 0.29) is 5.75 Å². The summed E-state index contributed by atoms with van der Waals surface area (Å²) in [5.41, 5.74) is 4.30. The number of aliphatic imine (C=N–C) groups is 1. The van der Waals surface area contributed by atoms with Crippen LogP contribution >= 0.6 is 0 Å². The number of allylic oxidation sites excluding steroid dienone is 4. The molecule has 0 aromatic heterocycles. The van der Waals surface area contributed by atoms with Gasteiger partial charge in [0.2, 0.25) is 0 Å². The number of anilines is 1. The van der Waals surface area contributed by atoms with Gasteiger partial charge >= 0.3 is 6.36 Å². The summed E-state index contributed by atoms with van der Waals surface area (Å²) >= 11 is 0. The van der Waals surface area contributed by atoms with Crippen molar-refractivity contribution in [3.63, 3.8) is 0 Å². The van der Waals surface area contributed by atoms with Crippen molar-refractivity contribution in [1.82, 2.24) is 4.90 Å². The Bertz CT molecular complexity index is 830. The molecule has 0 saturated carbocycles. The molecule has 7 heteroatoms. The van der Waals surface area contributed by atoms with E-state index < -0.39 is 6.36 Å². The van der Waals surface area contributed by atoms with Crippen molar-refractivity contribution < 1.29 is 17.9 Å². The van der Waals surface area contributed by atoms with Crippen molar-refractivity contribution in [2.45, 2.75) is 27.1 Å². The summed E-state index contributed by atoms with van der Waals surface area (Å²) < 4.78 is 40.7. The maximum atomic E-state index is 12.3.